The molecule has 3 fully saturated rings. The van der Waals surface area contributed by atoms with Gasteiger partial charge < -0.3 is 24.0 Å². The van der Waals surface area contributed by atoms with E-state index in [2.05, 4.69) is 42.2 Å². The Labute approximate surface area is 200 Å². The van der Waals surface area contributed by atoms with E-state index in [1.807, 2.05) is 18.7 Å². The molecule has 3 aliphatic rings. The molecule has 0 radical (unpaired) electrons. The van der Waals surface area contributed by atoms with Crippen LogP contribution in [0.2, 0.25) is 0 Å². The summed E-state index contributed by atoms with van der Waals surface area (Å²) in [6, 6.07) is 4.13. The summed E-state index contributed by atoms with van der Waals surface area (Å²) in [7, 11) is 0. The van der Waals surface area contributed by atoms with Crippen molar-refractivity contribution in [2.24, 2.45) is 0 Å². The Bertz CT molecular complexity index is 938. The summed E-state index contributed by atoms with van der Waals surface area (Å²) in [4.78, 5) is 21.7. The van der Waals surface area contributed by atoms with Crippen LogP contribution < -0.4 is 9.80 Å². The number of piperazine rings is 2. The third-order valence-electron chi connectivity index (χ3n) is 7.28. The zero-order valence-corrected chi connectivity index (χ0v) is 20.3. The first-order valence-electron chi connectivity index (χ1n) is 12.4. The van der Waals surface area contributed by atoms with Gasteiger partial charge in [0.1, 0.15) is 5.76 Å². The van der Waals surface area contributed by atoms with Gasteiger partial charge in [-0.3, -0.25) is 9.69 Å². The van der Waals surface area contributed by atoms with Gasteiger partial charge in [0.15, 0.2) is 11.6 Å². The Morgan fingerprint density at radius 3 is 2.15 bits per heavy atom. The average Bonchev–Trinajstić information content (AvgIpc) is 3.50. The summed E-state index contributed by atoms with van der Waals surface area (Å²) in [6.07, 6.45) is 3.14. The Kier molecular flexibility index (Phi) is 6.96. The number of ether oxygens (including phenoxy) is 1. The monoisotopic (exact) mass is 469 g/mol. The molecule has 10 heteroatoms. The molecule has 0 spiro atoms. The molecule has 1 atom stereocenters. The molecule has 5 heterocycles. The number of amides is 1. The summed E-state index contributed by atoms with van der Waals surface area (Å²) in [6.45, 7) is 12.6. The molecule has 0 saturated carbocycles. The zero-order chi connectivity index (χ0) is 23.5. The van der Waals surface area contributed by atoms with E-state index in [1.54, 1.807) is 0 Å². The van der Waals surface area contributed by atoms with E-state index in [0.29, 0.717) is 25.6 Å². The maximum absolute atomic E-state index is 12.7. The fraction of sp³-hybridized carbons (Fsp3) is 0.667. The molecule has 2 aromatic heterocycles. The maximum atomic E-state index is 12.7. The van der Waals surface area contributed by atoms with Crippen molar-refractivity contribution in [3.05, 3.63) is 29.2 Å². The van der Waals surface area contributed by atoms with E-state index < -0.39 is 0 Å². The van der Waals surface area contributed by atoms with E-state index in [-0.39, 0.29) is 5.91 Å². The van der Waals surface area contributed by atoms with Crippen molar-refractivity contribution in [1.82, 2.24) is 25.2 Å². The van der Waals surface area contributed by atoms with E-state index in [4.69, 9.17) is 9.26 Å². The lowest BCUT2D eigenvalue weighted by Gasteiger charge is -2.37. The predicted molar refractivity (Wildman–Crippen MR) is 128 cm³/mol. The fourth-order valence-electron chi connectivity index (χ4n) is 5.09. The molecular weight excluding hydrogens is 434 g/mol. The molecule has 3 saturated heterocycles. The van der Waals surface area contributed by atoms with Gasteiger partial charge in [0, 0.05) is 71.1 Å². The first kappa shape index (κ1) is 23.0. The number of carbonyl (C=O) groups excluding carboxylic acids is 1. The summed E-state index contributed by atoms with van der Waals surface area (Å²) in [5.74, 6) is 2.66. The Balaban J connectivity index is 1.09. The number of nitrogens with zero attached hydrogens (tertiary/aromatic N) is 7. The maximum Gasteiger partial charge on any atom is 0.227 e. The van der Waals surface area contributed by atoms with Gasteiger partial charge in [-0.1, -0.05) is 5.16 Å². The van der Waals surface area contributed by atoms with Crippen molar-refractivity contribution in [3.8, 4) is 0 Å². The van der Waals surface area contributed by atoms with E-state index in [0.717, 1.165) is 81.1 Å². The first-order chi connectivity index (χ1) is 16.6. The minimum absolute atomic E-state index is 0.120. The van der Waals surface area contributed by atoms with Crippen LogP contribution in [-0.4, -0.2) is 103 Å². The number of rotatable bonds is 6. The number of hydrogen-bond donors (Lipinski definition) is 0. The van der Waals surface area contributed by atoms with Crippen LogP contribution in [-0.2, 0) is 16.0 Å². The lowest BCUT2D eigenvalue weighted by atomic mass is 10.1. The van der Waals surface area contributed by atoms with Crippen LogP contribution in [0.25, 0.3) is 0 Å². The molecule has 5 rings (SSSR count). The zero-order valence-electron chi connectivity index (χ0n) is 20.3. The van der Waals surface area contributed by atoms with Crippen molar-refractivity contribution in [2.75, 3.05) is 75.3 Å². The average molecular weight is 470 g/mol. The van der Waals surface area contributed by atoms with Gasteiger partial charge in [-0.25, -0.2) is 0 Å². The number of aryl methyl sites for hydroxylation is 2. The topological polar surface area (TPSA) is 91.1 Å². The third-order valence-corrected chi connectivity index (χ3v) is 7.28. The van der Waals surface area contributed by atoms with Crippen molar-refractivity contribution in [2.45, 2.75) is 39.2 Å². The smallest absolute Gasteiger partial charge is 0.227 e. The molecule has 2 aromatic rings. The molecule has 10 nitrogen and oxygen atoms in total. The lowest BCUT2D eigenvalue weighted by Crippen LogP contribution is -2.50. The highest BCUT2D eigenvalue weighted by molar-refractivity contribution is 5.79. The second-order valence-electron chi connectivity index (χ2n) is 9.52. The van der Waals surface area contributed by atoms with Gasteiger partial charge in [-0.15, -0.1) is 10.2 Å². The minimum Gasteiger partial charge on any atom is -0.377 e. The number of hydrogen-bond acceptors (Lipinski definition) is 9. The van der Waals surface area contributed by atoms with Crippen LogP contribution in [0.5, 0.6) is 0 Å². The van der Waals surface area contributed by atoms with Crippen molar-refractivity contribution in [3.63, 3.8) is 0 Å². The van der Waals surface area contributed by atoms with E-state index >= 15 is 0 Å². The molecule has 1 amide bonds. The summed E-state index contributed by atoms with van der Waals surface area (Å²) < 4.78 is 11.0. The molecule has 3 aliphatic heterocycles. The summed E-state index contributed by atoms with van der Waals surface area (Å²) in [5, 5.41) is 13.0. The number of carbonyl (C=O) groups is 1. The van der Waals surface area contributed by atoms with Gasteiger partial charge in [0.05, 0.1) is 18.2 Å². The largest absolute Gasteiger partial charge is 0.377 e. The van der Waals surface area contributed by atoms with Crippen molar-refractivity contribution < 1.29 is 14.1 Å². The summed E-state index contributed by atoms with van der Waals surface area (Å²) in [5.41, 5.74) is 1.70. The van der Waals surface area contributed by atoms with Crippen LogP contribution in [0, 0.1) is 13.8 Å². The van der Waals surface area contributed by atoms with Crippen LogP contribution in [0.4, 0.5) is 11.6 Å². The van der Waals surface area contributed by atoms with Crippen LogP contribution in [0.15, 0.2) is 16.7 Å². The van der Waals surface area contributed by atoms with Gasteiger partial charge in [-0.2, -0.15) is 0 Å². The second kappa shape index (κ2) is 10.3. The molecule has 0 N–H and O–H groups in total. The first-order valence-corrected chi connectivity index (χ1v) is 12.4. The third kappa shape index (κ3) is 5.17. The highest BCUT2D eigenvalue weighted by Crippen LogP contribution is 2.20. The number of aromatic nitrogens is 3. The van der Waals surface area contributed by atoms with Gasteiger partial charge >= 0.3 is 0 Å². The minimum atomic E-state index is 0.120. The number of anilines is 2. The highest BCUT2D eigenvalue weighted by Gasteiger charge is 2.26. The van der Waals surface area contributed by atoms with Gasteiger partial charge in [0.25, 0.3) is 0 Å². The quantitative estimate of drug-likeness (QED) is 0.620. The van der Waals surface area contributed by atoms with Crippen molar-refractivity contribution >= 4 is 17.5 Å². The van der Waals surface area contributed by atoms with Crippen molar-refractivity contribution in [1.29, 1.82) is 0 Å². The molecule has 0 aromatic carbocycles. The molecule has 0 aliphatic carbocycles. The fourth-order valence-corrected chi connectivity index (χ4v) is 5.09. The molecule has 1 unspecified atom stereocenters. The van der Waals surface area contributed by atoms with Gasteiger partial charge in [0.2, 0.25) is 5.91 Å². The van der Waals surface area contributed by atoms with Crippen LogP contribution in [0.1, 0.15) is 29.9 Å². The van der Waals surface area contributed by atoms with Crippen LogP contribution in [0.3, 0.4) is 0 Å². The Morgan fingerprint density at radius 2 is 1.62 bits per heavy atom. The molecular formula is C24H35N7O3. The lowest BCUT2D eigenvalue weighted by molar-refractivity contribution is -0.130. The Hall–Kier alpha value is -2.72. The molecule has 184 valence electrons. The van der Waals surface area contributed by atoms with E-state index in [1.165, 1.54) is 12.8 Å². The second-order valence-corrected chi connectivity index (χ2v) is 9.52. The standard InChI is InChI=1S/C24H35N7O3/c1-18-21(19(2)34-27-18)16-24(32)31-13-11-30(12-14-31)23-6-5-22(25-26-23)29-9-7-28(8-10-29)17-20-4-3-15-33-20/h5-6,20H,3-4,7-17H2,1-2H3. The Morgan fingerprint density at radius 1 is 0.971 bits per heavy atom. The molecule has 34 heavy (non-hydrogen) atoms. The van der Waals surface area contributed by atoms with Crippen LogP contribution >= 0.6 is 0 Å². The van der Waals surface area contributed by atoms with E-state index in [9.17, 15) is 4.79 Å². The summed E-state index contributed by atoms with van der Waals surface area (Å²) >= 11 is 0. The molecule has 0 bridgehead atoms. The predicted octanol–water partition coefficient (Wildman–Crippen LogP) is 1.27. The normalized spacial score (nSPS) is 21.9. The highest BCUT2D eigenvalue weighted by atomic mass is 16.5. The van der Waals surface area contributed by atoms with Gasteiger partial charge in [-0.05, 0) is 38.8 Å². The SMILES string of the molecule is Cc1noc(C)c1CC(=O)N1CCN(c2ccc(N3CCN(CC4CCCO4)CC3)nn2)CC1.